The molecule has 0 aliphatic carbocycles. The minimum Gasteiger partial charge on any atom is -0.392 e. The molecule has 0 aromatic carbocycles. The van der Waals surface area contributed by atoms with Gasteiger partial charge in [-0.2, -0.15) is 4.98 Å². The summed E-state index contributed by atoms with van der Waals surface area (Å²) in [5.41, 5.74) is 0. The summed E-state index contributed by atoms with van der Waals surface area (Å²) in [6, 6.07) is -0.00393. The van der Waals surface area contributed by atoms with E-state index in [9.17, 15) is 5.11 Å². The number of β-amino-alcohol motifs (C(OH)–C–C–N with tert-alkyl or cyclic N) is 1. The molecule has 1 aromatic rings. The average Bonchev–Trinajstić information content (AvgIpc) is 2.98. The van der Waals surface area contributed by atoms with Crippen molar-refractivity contribution in [3.05, 3.63) is 11.7 Å². The second-order valence-electron chi connectivity index (χ2n) is 4.76. The first kappa shape index (κ1) is 11.1. The van der Waals surface area contributed by atoms with Crippen LogP contribution in [0.3, 0.4) is 0 Å². The minimum atomic E-state index is -0.312. The fourth-order valence-corrected chi connectivity index (χ4v) is 2.40. The van der Waals surface area contributed by atoms with Gasteiger partial charge in [0.15, 0.2) is 5.82 Å². The Kier molecular flexibility index (Phi) is 3.09. The Balaban J connectivity index is 1.69. The van der Waals surface area contributed by atoms with E-state index in [1.165, 1.54) is 0 Å². The highest BCUT2D eigenvalue weighted by atomic mass is 16.5. The van der Waals surface area contributed by atoms with Gasteiger partial charge in [0.25, 0.3) is 0 Å². The maximum atomic E-state index is 9.44. The molecule has 0 bridgehead atoms. The first-order valence-corrected chi connectivity index (χ1v) is 6.15. The predicted molar refractivity (Wildman–Crippen MR) is 58.5 cm³/mol. The molecule has 1 unspecified atom stereocenters. The second kappa shape index (κ2) is 4.72. The molecule has 2 aliphatic rings. The SMILES string of the molecule is O[C@@H]1CN[C@H](c2nc(C3CCCOC3)no2)C1. The molecular formula is C11H17N3O3. The number of rotatable bonds is 2. The Labute approximate surface area is 99.3 Å². The van der Waals surface area contributed by atoms with Gasteiger partial charge in [-0.1, -0.05) is 5.16 Å². The van der Waals surface area contributed by atoms with E-state index in [1.807, 2.05) is 0 Å². The number of nitrogens with zero attached hydrogens (tertiary/aromatic N) is 2. The summed E-state index contributed by atoms with van der Waals surface area (Å²) >= 11 is 0. The van der Waals surface area contributed by atoms with Crippen molar-refractivity contribution in [1.29, 1.82) is 0 Å². The van der Waals surface area contributed by atoms with Gasteiger partial charge in [-0.25, -0.2) is 0 Å². The van der Waals surface area contributed by atoms with Crippen molar-refractivity contribution in [3.8, 4) is 0 Å². The lowest BCUT2D eigenvalue weighted by atomic mass is 10.0. The van der Waals surface area contributed by atoms with E-state index in [-0.39, 0.29) is 18.1 Å². The monoisotopic (exact) mass is 239 g/mol. The molecule has 2 N–H and O–H groups in total. The maximum absolute atomic E-state index is 9.44. The van der Waals surface area contributed by atoms with Crippen LogP contribution in [0, 0.1) is 0 Å². The Bertz CT molecular complexity index is 357. The molecule has 17 heavy (non-hydrogen) atoms. The molecule has 0 radical (unpaired) electrons. The van der Waals surface area contributed by atoms with Crippen LogP contribution in [0.15, 0.2) is 4.52 Å². The van der Waals surface area contributed by atoms with E-state index >= 15 is 0 Å². The molecular weight excluding hydrogens is 222 g/mol. The number of hydrogen-bond donors (Lipinski definition) is 2. The van der Waals surface area contributed by atoms with Crippen LogP contribution < -0.4 is 5.32 Å². The molecule has 0 amide bonds. The summed E-state index contributed by atoms with van der Waals surface area (Å²) in [5.74, 6) is 1.58. The summed E-state index contributed by atoms with van der Waals surface area (Å²) in [5, 5.41) is 16.6. The number of aliphatic hydroxyl groups is 1. The van der Waals surface area contributed by atoms with Crippen LogP contribution in [0.1, 0.15) is 42.9 Å². The number of aliphatic hydroxyl groups excluding tert-OH is 1. The Hall–Kier alpha value is -0.980. The fourth-order valence-electron chi connectivity index (χ4n) is 2.40. The normalized spacial score (nSPS) is 34.1. The van der Waals surface area contributed by atoms with Gasteiger partial charge in [-0.3, -0.25) is 0 Å². The van der Waals surface area contributed by atoms with Gasteiger partial charge in [0.2, 0.25) is 5.89 Å². The van der Waals surface area contributed by atoms with E-state index in [0.29, 0.717) is 25.5 Å². The minimum absolute atomic E-state index is 0.00393. The Morgan fingerprint density at radius 3 is 3.06 bits per heavy atom. The summed E-state index contributed by atoms with van der Waals surface area (Å²) in [4.78, 5) is 4.42. The third-order valence-electron chi connectivity index (χ3n) is 3.39. The van der Waals surface area contributed by atoms with Crippen LogP contribution >= 0.6 is 0 Å². The van der Waals surface area contributed by atoms with E-state index in [2.05, 4.69) is 15.5 Å². The highest BCUT2D eigenvalue weighted by Crippen LogP contribution is 2.26. The lowest BCUT2D eigenvalue weighted by Crippen LogP contribution is -2.17. The lowest BCUT2D eigenvalue weighted by Gasteiger charge is -2.18. The zero-order chi connectivity index (χ0) is 11.7. The van der Waals surface area contributed by atoms with Crippen molar-refractivity contribution in [3.63, 3.8) is 0 Å². The van der Waals surface area contributed by atoms with Gasteiger partial charge >= 0.3 is 0 Å². The van der Waals surface area contributed by atoms with Crippen LogP contribution in [0.25, 0.3) is 0 Å². The molecule has 94 valence electrons. The Morgan fingerprint density at radius 2 is 2.35 bits per heavy atom. The van der Waals surface area contributed by atoms with Crippen LogP contribution in [0.4, 0.5) is 0 Å². The highest BCUT2D eigenvalue weighted by molar-refractivity contribution is 5.01. The van der Waals surface area contributed by atoms with Crippen molar-refractivity contribution in [2.45, 2.75) is 37.3 Å². The summed E-state index contributed by atoms with van der Waals surface area (Å²) in [6.07, 6.45) is 2.44. The molecule has 0 spiro atoms. The molecule has 6 heteroatoms. The molecule has 2 saturated heterocycles. The maximum Gasteiger partial charge on any atom is 0.243 e. The quantitative estimate of drug-likeness (QED) is 0.775. The molecule has 3 rings (SSSR count). The van der Waals surface area contributed by atoms with Gasteiger partial charge in [-0.15, -0.1) is 0 Å². The average molecular weight is 239 g/mol. The van der Waals surface area contributed by atoms with Crippen LogP contribution in [-0.2, 0) is 4.74 Å². The largest absolute Gasteiger partial charge is 0.392 e. The third kappa shape index (κ3) is 2.34. The van der Waals surface area contributed by atoms with Crippen LogP contribution in [0.2, 0.25) is 0 Å². The third-order valence-corrected chi connectivity index (χ3v) is 3.39. The fraction of sp³-hybridized carbons (Fsp3) is 0.818. The standard InChI is InChI=1S/C11H17N3O3/c15-8-4-9(12-5-8)11-13-10(14-17-11)7-2-1-3-16-6-7/h7-9,12,15H,1-6H2/t7?,8-,9-/m0/s1. The van der Waals surface area contributed by atoms with Gasteiger partial charge in [-0.05, 0) is 19.3 Å². The van der Waals surface area contributed by atoms with Crippen LogP contribution in [0.5, 0.6) is 0 Å². The lowest BCUT2D eigenvalue weighted by molar-refractivity contribution is 0.0773. The highest BCUT2D eigenvalue weighted by Gasteiger charge is 2.29. The smallest absolute Gasteiger partial charge is 0.243 e. The molecule has 2 fully saturated rings. The summed E-state index contributed by atoms with van der Waals surface area (Å²) in [6.45, 7) is 2.10. The molecule has 1 aromatic heterocycles. The van der Waals surface area contributed by atoms with Crippen molar-refractivity contribution >= 4 is 0 Å². The number of aromatic nitrogens is 2. The van der Waals surface area contributed by atoms with Crippen LogP contribution in [-0.4, -0.2) is 41.1 Å². The first-order valence-electron chi connectivity index (χ1n) is 6.15. The van der Waals surface area contributed by atoms with Crippen molar-refractivity contribution in [2.24, 2.45) is 0 Å². The van der Waals surface area contributed by atoms with E-state index in [4.69, 9.17) is 9.26 Å². The molecule has 2 aliphatic heterocycles. The van der Waals surface area contributed by atoms with Gasteiger partial charge in [0, 0.05) is 19.1 Å². The topological polar surface area (TPSA) is 80.4 Å². The van der Waals surface area contributed by atoms with Gasteiger partial charge < -0.3 is 19.7 Å². The van der Waals surface area contributed by atoms with Gasteiger partial charge in [0.05, 0.1) is 18.8 Å². The predicted octanol–water partition coefficient (Wildman–Crippen LogP) is 0.359. The summed E-state index contributed by atoms with van der Waals surface area (Å²) in [7, 11) is 0. The summed E-state index contributed by atoms with van der Waals surface area (Å²) < 4.78 is 10.7. The number of ether oxygens (including phenoxy) is 1. The molecule has 3 heterocycles. The van der Waals surface area contributed by atoms with E-state index < -0.39 is 0 Å². The molecule has 3 atom stereocenters. The zero-order valence-corrected chi connectivity index (χ0v) is 9.63. The molecule has 0 saturated carbocycles. The van der Waals surface area contributed by atoms with Crippen molar-refractivity contribution in [1.82, 2.24) is 15.5 Å². The molecule has 6 nitrogen and oxygen atoms in total. The number of nitrogens with one attached hydrogen (secondary N) is 1. The Morgan fingerprint density at radius 1 is 1.41 bits per heavy atom. The van der Waals surface area contributed by atoms with Crippen molar-refractivity contribution in [2.75, 3.05) is 19.8 Å². The second-order valence-corrected chi connectivity index (χ2v) is 4.76. The van der Waals surface area contributed by atoms with E-state index in [1.54, 1.807) is 0 Å². The van der Waals surface area contributed by atoms with Gasteiger partial charge in [0.1, 0.15) is 0 Å². The van der Waals surface area contributed by atoms with E-state index in [0.717, 1.165) is 25.3 Å². The zero-order valence-electron chi connectivity index (χ0n) is 9.63. The first-order chi connectivity index (χ1) is 8.33. The number of hydrogen-bond acceptors (Lipinski definition) is 6. The van der Waals surface area contributed by atoms with Crippen molar-refractivity contribution < 1.29 is 14.4 Å².